The Balaban J connectivity index is 1.91. The molecule has 1 aromatic carbocycles. The van der Waals surface area contributed by atoms with E-state index in [1.165, 1.54) is 5.56 Å². The van der Waals surface area contributed by atoms with Crippen molar-refractivity contribution in [3.05, 3.63) is 35.9 Å². The van der Waals surface area contributed by atoms with Crippen molar-refractivity contribution >= 4 is 0 Å². The van der Waals surface area contributed by atoms with Crippen LogP contribution in [0.25, 0.3) is 0 Å². The predicted molar refractivity (Wildman–Crippen MR) is 86.0 cm³/mol. The number of hydrogen-bond acceptors (Lipinski definition) is 4. The Morgan fingerprint density at radius 2 is 1.81 bits per heavy atom. The largest absolute Gasteiger partial charge is 0.308 e. The van der Waals surface area contributed by atoms with E-state index in [0.29, 0.717) is 6.42 Å². The molecule has 1 aliphatic heterocycles. The molecule has 114 valence electrons. The SMILES string of the molecule is CN(C)CCN1CCN(C(CC#N)c2ccccc2)CC1. The molecule has 4 heteroatoms. The van der Waals surface area contributed by atoms with Crippen LogP contribution in [0.1, 0.15) is 18.0 Å². The Morgan fingerprint density at radius 1 is 1.14 bits per heavy atom. The molecular formula is C17H26N4. The average molecular weight is 286 g/mol. The lowest BCUT2D eigenvalue weighted by Gasteiger charge is -2.39. The number of piperazine rings is 1. The van der Waals surface area contributed by atoms with Crippen LogP contribution in [0.5, 0.6) is 0 Å². The van der Waals surface area contributed by atoms with E-state index in [-0.39, 0.29) is 6.04 Å². The van der Waals surface area contributed by atoms with Gasteiger partial charge in [0.2, 0.25) is 0 Å². The molecule has 2 rings (SSSR count). The maximum absolute atomic E-state index is 9.13. The highest BCUT2D eigenvalue weighted by atomic mass is 15.3. The molecule has 1 unspecified atom stereocenters. The summed E-state index contributed by atoms with van der Waals surface area (Å²) in [5.74, 6) is 0. The van der Waals surface area contributed by atoms with Gasteiger partial charge in [-0.3, -0.25) is 9.80 Å². The van der Waals surface area contributed by atoms with Gasteiger partial charge in [-0.25, -0.2) is 0 Å². The third-order valence-electron chi connectivity index (χ3n) is 4.18. The van der Waals surface area contributed by atoms with Crippen molar-refractivity contribution < 1.29 is 0 Å². The molecule has 0 radical (unpaired) electrons. The Kier molecular flexibility index (Phi) is 6.19. The van der Waals surface area contributed by atoms with E-state index in [9.17, 15) is 0 Å². The zero-order valence-electron chi connectivity index (χ0n) is 13.2. The van der Waals surface area contributed by atoms with E-state index in [1.807, 2.05) is 6.07 Å². The van der Waals surface area contributed by atoms with Gasteiger partial charge in [0.05, 0.1) is 12.5 Å². The van der Waals surface area contributed by atoms with E-state index in [2.05, 4.69) is 59.1 Å². The Labute approximate surface area is 128 Å². The Hall–Kier alpha value is -1.41. The number of benzene rings is 1. The first-order chi connectivity index (χ1) is 10.2. The molecule has 0 bridgehead atoms. The Morgan fingerprint density at radius 3 is 2.38 bits per heavy atom. The maximum atomic E-state index is 9.13. The van der Waals surface area contributed by atoms with Gasteiger partial charge in [0.15, 0.2) is 0 Å². The second-order valence-corrected chi connectivity index (χ2v) is 5.97. The van der Waals surface area contributed by atoms with Crippen LogP contribution in [-0.2, 0) is 0 Å². The molecular weight excluding hydrogens is 260 g/mol. The van der Waals surface area contributed by atoms with Crippen LogP contribution in [0.3, 0.4) is 0 Å². The predicted octanol–water partition coefficient (Wildman–Crippen LogP) is 1.82. The van der Waals surface area contributed by atoms with Crippen LogP contribution in [0.2, 0.25) is 0 Å². The van der Waals surface area contributed by atoms with E-state index >= 15 is 0 Å². The Bertz CT molecular complexity index is 444. The fraction of sp³-hybridized carbons (Fsp3) is 0.588. The van der Waals surface area contributed by atoms with Crippen LogP contribution < -0.4 is 0 Å². The van der Waals surface area contributed by atoms with Crippen molar-refractivity contribution in [1.82, 2.24) is 14.7 Å². The zero-order valence-corrected chi connectivity index (χ0v) is 13.2. The third kappa shape index (κ3) is 4.82. The fourth-order valence-corrected chi connectivity index (χ4v) is 2.86. The summed E-state index contributed by atoms with van der Waals surface area (Å²) in [5.41, 5.74) is 1.26. The summed E-state index contributed by atoms with van der Waals surface area (Å²) in [6, 6.07) is 13.0. The molecule has 1 fully saturated rings. The molecule has 0 aliphatic carbocycles. The van der Waals surface area contributed by atoms with Crippen LogP contribution in [-0.4, -0.2) is 68.1 Å². The number of rotatable bonds is 6. The van der Waals surface area contributed by atoms with Crippen LogP contribution >= 0.6 is 0 Å². The highest BCUT2D eigenvalue weighted by molar-refractivity contribution is 5.20. The fourth-order valence-electron chi connectivity index (χ4n) is 2.86. The first kappa shape index (κ1) is 16.0. The van der Waals surface area contributed by atoms with Gasteiger partial charge in [-0.05, 0) is 19.7 Å². The van der Waals surface area contributed by atoms with Crippen molar-refractivity contribution in [3.8, 4) is 6.07 Å². The molecule has 0 spiro atoms. The van der Waals surface area contributed by atoms with Gasteiger partial charge in [-0.15, -0.1) is 0 Å². The molecule has 1 aliphatic rings. The highest BCUT2D eigenvalue weighted by Gasteiger charge is 2.24. The highest BCUT2D eigenvalue weighted by Crippen LogP contribution is 2.24. The standard InChI is InChI=1S/C17H26N4/c1-19(2)10-11-20-12-14-21(15-13-20)17(8-9-18)16-6-4-3-5-7-16/h3-7,17H,8,10-15H2,1-2H3. The van der Waals surface area contributed by atoms with E-state index in [1.54, 1.807) is 0 Å². The van der Waals surface area contributed by atoms with E-state index in [0.717, 1.165) is 39.3 Å². The van der Waals surface area contributed by atoms with Gasteiger partial charge in [-0.2, -0.15) is 5.26 Å². The lowest BCUT2D eigenvalue weighted by molar-refractivity contribution is 0.0927. The van der Waals surface area contributed by atoms with Crippen molar-refractivity contribution in [3.63, 3.8) is 0 Å². The molecule has 1 aromatic rings. The third-order valence-corrected chi connectivity index (χ3v) is 4.18. The quantitative estimate of drug-likeness (QED) is 0.799. The van der Waals surface area contributed by atoms with E-state index in [4.69, 9.17) is 5.26 Å². The molecule has 1 saturated heterocycles. The van der Waals surface area contributed by atoms with Gasteiger partial charge in [-0.1, -0.05) is 30.3 Å². The number of nitrogens with zero attached hydrogens (tertiary/aromatic N) is 4. The van der Waals surface area contributed by atoms with Crippen molar-refractivity contribution in [2.24, 2.45) is 0 Å². The summed E-state index contributed by atoms with van der Waals surface area (Å²) in [4.78, 5) is 7.21. The second-order valence-electron chi connectivity index (χ2n) is 5.97. The smallest absolute Gasteiger partial charge is 0.0641 e. The number of likely N-dealkylation sites (N-methyl/N-ethyl adjacent to an activating group) is 1. The first-order valence-corrected chi connectivity index (χ1v) is 7.73. The summed E-state index contributed by atoms with van der Waals surface area (Å²) < 4.78 is 0. The molecule has 0 aromatic heterocycles. The van der Waals surface area contributed by atoms with Crippen LogP contribution in [0, 0.1) is 11.3 Å². The van der Waals surface area contributed by atoms with Crippen LogP contribution in [0.15, 0.2) is 30.3 Å². The van der Waals surface area contributed by atoms with Crippen molar-refractivity contribution in [1.29, 1.82) is 5.26 Å². The summed E-state index contributed by atoms with van der Waals surface area (Å²) in [5, 5.41) is 9.13. The van der Waals surface area contributed by atoms with Gasteiger partial charge in [0.25, 0.3) is 0 Å². The van der Waals surface area contributed by atoms with Crippen molar-refractivity contribution in [2.75, 3.05) is 53.4 Å². The minimum absolute atomic E-state index is 0.243. The number of nitriles is 1. The minimum atomic E-state index is 0.243. The summed E-state index contributed by atoms with van der Waals surface area (Å²) in [6.07, 6.45) is 0.571. The first-order valence-electron chi connectivity index (χ1n) is 7.73. The topological polar surface area (TPSA) is 33.5 Å². The van der Waals surface area contributed by atoms with Gasteiger partial charge in [0, 0.05) is 45.3 Å². The summed E-state index contributed by atoms with van der Waals surface area (Å²) in [6.45, 7) is 6.55. The normalized spacial score (nSPS) is 18.6. The minimum Gasteiger partial charge on any atom is -0.308 e. The molecule has 0 saturated carbocycles. The molecule has 21 heavy (non-hydrogen) atoms. The lowest BCUT2D eigenvalue weighted by atomic mass is 10.0. The summed E-state index contributed by atoms with van der Waals surface area (Å²) in [7, 11) is 4.24. The molecule has 1 heterocycles. The van der Waals surface area contributed by atoms with E-state index < -0.39 is 0 Å². The summed E-state index contributed by atoms with van der Waals surface area (Å²) >= 11 is 0. The van der Waals surface area contributed by atoms with Gasteiger partial charge in [0.1, 0.15) is 0 Å². The van der Waals surface area contributed by atoms with Gasteiger partial charge < -0.3 is 4.90 Å². The maximum Gasteiger partial charge on any atom is 0.0641 e. The van der Waals surface area contributed by atoms with Crippen molar-refractivity contribution in [2.45, 2.75) is 12.5 Å². The molecule has 1 atom stereocenters. The average Bonchev–Trinajstić information content (AvgIpc) is 2.52. The second kappa shape index (κ2) is 8.14. The zero-order chi connectivity index (χ0) is 15.1. The molecule has 4 nitrogen and oxygen atoms in total. The molecule has 0 N–H and O–H groups in total. The van der Waals surface area contributed by atoms with Gasteiger partial charge >= 0.3 is 0 Å². The lowest BCUT2D eigenvalue weighted by Crippen LogP contribution is -2.49. The molecule has 0 amide bonds. The monoisotopic (exact) mass is 286 g/mol. The van der Waals surface area contributed by atoms with Crippen LogP contribution in [0.4, 0.5) is 0 Å². The number of hydrogen-bond donors (Lipinski definition) is 0.